The number of rotatable bonds is 8. The van der Waals surface area contributed by atoms with Crippen molar-refractivity contribution in [2.45, 2.75) is 90.7 Å². The highest BCUT2D eigenvalue weighted by Crippen LogP contribution is 2.45. The molecule has 0 aliphatic heterocycles. The number of carbonyl (C=O) groups is 1. The average molecular weight is 490 g/mol. The summed E-state index contributed by atoms with van der Waals surface area (Å²) in [5.41, 5.74) is -1.77. The lowest BCUT2D eigenvalue weighted by Gasteiger charge is -2.19. The van der Waals surface area contributed by atoms with E-state index in [0.717, 1.165) is 15.9 Å². The van der Waals surface area contributed by atoms with Gasteiger partial charge >= 0.3 is 17.8 Å². The molecule has 7 nitrogen and oxygen atoms in total. The third-order valence-electron chi connectivity index (χ3n) is 5.86. The van der Waals surface area contributed by atoms with Gasteiger partial charge in [-0.05, 0) is 52.5 Å². The highest BCUT2D eigenvalue weighted by molar-refractivity contribution is 7.18. The van der Waals surface area contributed by atoms with Crippen molar-refractivity contribution >= 4 is 27.5 Å². The minimum absolute atomic E-state index is 0.0605. The first kappa shape index (κ1) is 25.5. The van der Waals surface area contributed by atoms with Gasteiger partial charge in [0.05, 0.1) is 23.9 Å². The van der Waals surface area contributed by atoms with Crippen LogP contribution in [0, 0.1) is 6.92 Å². The lowest BCUT2D eigenvalue weighted by molar-refractivity contribution is -0.153. The molecular formula is C22H30F3N3O4S. The number of thiophene rings is 1. The number of nitrogens with zero attached hydrogens (tertiary/aromatic N) is 2. The number of hydrogen-bond donors (Lipinski definition) is 1. The maximum Gasteiger partial charge on any atom is 0.390 e. The van der Waals surface area contributed by atoms with E-state index >= 15 is 0 Å². The topological polar surface area (TPSA) is 82.3 Å². The van der Waals surface area contributed by atoms with Gasteiger partial charge in [0.1, 0.15) is 10.4 Å². The molecule has 1 saturated carbocycles. The zero-order valence-electron chi connectivity index (χ0n) is 19.5. The second-order valence-corrected chi connectivity index (χ2v) is 10.6. The van der Waals surface area contributed by atoms with E-state index in [1.165, 1.54) is 4.57 Å². The van der Waals surface area contributed by atoms with Crippen LogP contribution in [0.2, 0.25) is 0 Å². The Bertz CT molecular complexity index is 1170. The van der Waals surface area contributed by atoms with Crippen LogP contribution in [0.3, 0.4) is 0 Å². The fourth-order valence-corrected chi connectivity index (χ4v) is 5.24. The Kier molecular flexibility index (Phi) is 6.87. The Labute approximate surface area is 193 Å². The normalized spacial score (nSPS) is 15.8. The van der Waals surface area contributed by atoms with E-state index in [-0.39, 0.29) is 23.3 Å². The summed E-state index contributed by atoms with van der Waals surface area (Å²) in [6.07, 6.45) is -3.74. The van der Waals surface area contributed by atoms with E-state index in [0.29, 0.717) is 29.7 Å². The molecule has 0 atom stereocenters. The van der Waals surface area contributed by atoms with Crippen molar-refractivity contribution in [3.8, 4) is 0 Å². The van der Waals surface area contributed by atoms with Gasteiger partial charge in [-0.2, -0.15) is 13.2 Å². The van der Waals surface area contributed by atoms with Crippen molar-refractivity contribution in [3.63, 3.8) is 0 Å². The summed E-state index contributed by atoms with van der Waals surface area (Å²) in [6, 6.07) is 0. The maximum absolute atomic E-state index is 13.4. The van der Waals surface area contributed by atoms with E-state index in [2.05, 4.69) is 5.32 Å². The Hall–Kier alpha value is -2.14. The standard InChI is InChI=1S/C22H30F3N3O4S/c1-6-21(7-8-21)28-17(30)16-13(2)14(11-26-12-15(29)32-20(3,4)5)33-18(16)27(19(28)31)10-9-22(23,24)25/h26H,6-12H2,1-5H3. The van der Waals surface area contributed by atoms with Gasteiger partial charge in [-0.1, -0.05) is 6.92 Å². The molecule has 1 aliphatic carbocycles. The fourth-order valence-electron chi connectivity index (χ4n) is 3.95. The fraction of sp³-hybridized carbons (Fsp3) is 0.682. The van der Waals surface area contributed by atoms with Crippen LogP contribution in [0.4, 0.5) is 13.2 Å². The summed E-state index contributed by atoms with van der Waals surface area (Å²) in [7, 11) is 0. The Morgan fingerprint density at radius 1 is 1.21 bits per heavy atom. The van der Waals surface area contributed by atoms with Crippen LogP contribution >= 0.6 is 11.3 Å². The summed E-state index contributed by atoms with van der Waals surface area (Å²) in [4.78, 5) is 39.4. The molecule has 3 rings (SSSR count). The van der Waals surface area contributed by atoms with Crippen LogP contribution in [-0.2, 0) is 28.2 Å². The number of ether oxygens (including phenoxy) is 1. The van der Waals surface area contributed by atoms with Crippen LogP contribution in [0.15, 0.2) is 9.59 Å². The predicted molar refractivity (Wildman–Crippen MR) is 121 cm³/mol. The number of halogens is 3. The van der Waals surface area contributed by atoms with Gasteiger partial charge in [-0.15, -0.1) is 11.3 Å². The van der Waals surface area contributed by atoms with Gasteiger partial charge in [-0.3, -0.25) is 18.7 Å². The van der Waals surface area contributed by atoms with Crippen LogP contribution in [0.5, 0.6) is 0 Å². The number of fused-ring (bicyclic) bond motifs is 1. The largest absolute Gasteiger partial charge is 0.459 e. The van der Waals surface area contributed by atoms with E-state index in [1.807, 2.05) is 6.92 Å². The molecule has 0 radical (unpaired) electrons. The molecule has 0 bridgehead atoms. The first-order valence-corrected chi connectivity index (χ1v) is 11.8. The zero-order chi connectivity index (χ0) is 24.8. The third kappa shape index (κ3) is 5.51. The van der Waals surface area contributed by atoms with Crippen molar-refractivity contribution in [2.24, 2.45) is 0 Å². The average Bonchev–Trinajstić information content (AvgIpc) is 3.38. The maximum atomic E-state index is 13.4. The summed E-state index contributed by atoms with van der Waals surface area (Å²) in [5, 5.41) is 3.24. The monoisotopic (exact) mass is 489 g/mol. The van der Waals surface area contributed by atoms with Gasteiger partial charge in [0, 0.05) is 18.0 Å². The lowest BCUT2D eigenvalue weighted by Crippen LogP contribution is -2.45. The zero-order valence-corrected chi connectivity index (χ0v) is 20.3. The molecular weight excluding hydrogens is 459 g/mol. The molecule has 2 heterocycles. The van der Waals surface area contributed by atoms with Crippen molar-refractivity contribution in [1.29, 1.82) is 0 Å². The Balaban J connectivity index is 2.01. The first-order valence-electron chi connectivity index (χ1n) is 11.0. The molecule has 2 aromatic heterocycles. The van der Waals surface area contributed by atoms with E-state index in [4.69, 9.17) is 4.74 Å². The number of esters is 1. The lowest BCUT2D eigenvalue weighted by atomic mass is 10.1. The van der Waals surface area contributed by atoms with Crippen molar-refractivity contribution in [3.05, 3.63) is 31.3 Å². The number of aryl methyl sites for hydroxylation is 2. The highest BCUT2D eigenvalue weighted by Gasteiger charge is 2.46. The summed E-state index contributed by atoms with van der Waals surface area (Å²) >= 11 is 1.11. The Morgan fingerprint density at radius 3 is 2.36 bits per heavy atom. The first-order chi connectivity index (χ1) is 15.2. The summed E-state index contributed by atoms with van der Waals surface area (Å²) in [6.45, 7) is 8.48. The summed E-state index contributed by atoms with van der Waals surface area (Å²) < 4.78 is 46.4. The SMILES string of the molecule is CCC1(n2c(=O)c3c(C)c(CNCC(=O)OC(C)(C)C)sc3n(CCC(F)(F)F)c2=O)CC1. The minimum atomic E-state index is -4.43. The van der Waals surface area contributed by atoms with Crippen molar-refractivity contribution in [1.82, 2.24) is 14.5 Å². The Morgan fingerprint density at radius 2 is 1.85 bits per heavy atom. The highest BCUT2D eigenvalue weighted by atomic mass is 32.1. The van der Waals surface area contributed by atoms with E-state index in [9.17, 15) is 27.6 Å². The molecule has 0 spiro atoms. The second kappa shape index (κ2) is 8.90. The quantitative estimate of drug-likeness (QED) is 0.570. The van der Waals surface area contributed by atoms with Gasteiger partial charge in [0.25, 0.3) is 5.56 Å². The molecule has 1 aliphatic rings. The van der Waals surface area contributed by atoms with Crippen LogP contribution in [0.25, 0.3) is 10.2 Å². The van der Waals surface area contributed by atoms with Gasteiger partial charge < -0.3 is 10.1 Å². The van der Waals surface area contributed by atoms with Gasteiger partial charge in [-0.25, -0.2) is 4.79 Å². The number of hydrogen-bond acceptors (Lipinski definition) is 6. The predicted octanol–water partition coefficient (Wildman–Crippen LogP) is 3.82. The minimum Gasteiger partial charge on any atom is -0.459 e. The molecule has 33 heavy (non-hydrogen) atoms. The number of aromatic nitrogens is 2. The third-order valence-corrected chi connectivity index (χ3v) is 7.18. The molecule has 184 valence electrons. The summed E-state index contributed by atoms with van der Waals surface area (Å²) in [5.74, 6) is -0.440. The van der Waals surface area contributed by atoms with E-state index < -0.39 is 47.5 Å². The number of nitrogens with one attached hydrogen (secondary N) is 1. The number of alkyl halides is 3. The van der Waals surface area contributed by atoms with Crippen molar-refractivity contribution in [2.75, 3.05) is 6.54 Å². The van der Waals surface area contributed by atoms with Gasteiger partial charge in [0.15, 0.2) is 0 Å². The van der Waals surface area contributed by atoms with Crippen molar-refractivity contribution < 1.29 is 22.7 Å². The molecule has 0 saturated heterocycles. The molecule has 0 unspecified atom stereocenters. The molecule has 2 aromatic rings. The van der Waals surface area contributed by atoms with Crippen LogP contribution in [-0.4, -0.2) is 33.4 Å². The molecule has 0 aromatic carbocycles. The molecule has 11 heteroatoms. The van der Waals surface area contributed by atoms with E-state index in [1.54, 1.807) is 27.7 Å². The second-order valence-electron chi connectivity index (χ2n) is 9.54. The molecule has 1 fully saturated rings. The van der Waals surface area contributed by atoms with Crippen LogP contribution < -0.4 is 16.6 Å². The smallest absolute Gasteiger partial charge is 0.390 e. The number of carbonyl (C=O) groups excluding carboxylic acids is 1. The van der Waals surface area contributed by atoms with Crippen LogP contribution in [0.1, 0.15) is 63.8 Å². The molecule has 0 amide bonds. The molecule has 1 N–H and O–H groups in total. The van der Waals surface area contributed by atoms with Gasteiger partial charge in [0.2, 0.25) is 0 Å².